The Hall–Kier alpha value is -3.22. The lowest BCUT2D eigenvalue weighted by atomic mass is 10.1. The van der Waals surface area contributed by atoms with Crippen LogP contribution in [0.5, 0.6) is 17.2 Å². The second-order valence-electron chi connectivity index (χ2n) is 6.16. The molecule has 1 atom stereocenters. The lowest BCUT2D eigenvalue weighted by Gasteiger charge is -2.17. The van der Waals surface area contributed by atoms with E-state index in [0.29, 0.717) is 29.5 Å². The molecule has 0 bridgehead atoms. The summed E-state index contributed by atoms with van der Waals surface area (Å²) in [6.45, 7) is 0.516. The molecule has 4 rings (SSSR count). The number of carbonyl (C=O) groups is 2. The number of hydrogen-bond acceptors (Lipinski definition) is 5. The van der Waals surface area contributed by atoms with E-state index in [1.165, 1.54) is 0 Å². The molecule has 26 heavy (non-hydrogen) atoms. The van der Waals surface area contributed by atoms with Crippen molar-refractivity contribution in [1.29, 1.82) is 0 Å². The molecule has 0 aromatic heterocycles. The van der Waals surface area contributed by atoms with E-state index in [0.717, 1.165) is 5.69 Å². The standard InChI is InChI=1S/C19H18N2O5/c1-24-15-4-2-3-14(9-15)21-10-12(7-18(21)22)19(23)20-13-5-6-16-17(8-13)26-11-25-16/h2-6,8-9,12H,7,10-11H2,1H3,(H,20,23). The Bertz CT molecular complexity index is 867. The smallest absolute Gasteiger partial charge is 0.231 e. The number of anilines is 2. The van der Waals surface area contributed by atoms with Gasteiger partial charge in [0.05, 0.1) is 13.0 Å². The van der Waals surface area contributed by atoms with E-state index in [-0.39, 0.29) is 25.0 Å². The molecule has 7 nitrogen and oxygen atoms in total. The molecule has 2 aliphatic heterocycles. The third kappa shape index (κ3) is 3.03. The average Bonchev–Trinajstić information content (AvgIpc) is 3.27. The molecule has 1 unspecified atom stereocenters. The summed E-state index contributed by atoms with van der Waals surface area (Å²) >= 11 is 0. The third-order valence-electron chi connectivity index (χ3n) is 4.50. The molecule has 134 valence electrons. The molecule has 0 saturated carbocycles. The zero-order valence-corrected chi connectivity index (χ0v) is 14.2. The fourth-order valence-corrected chi connectivity index (χ4v) is 3.13. The summed E-state index contributed by atoms with van der Waals surface area (Å²) < 4.78 is 15.8. The highest BCUT2D eigenvalue weighted by Gasteiger charge is 2.35. The van der Waals surface area contributed by atoms with Crippen molar-refractivity contribution in [2.24, 2.45) is 5.92 Å². The molecular weight excluding hydrogens is 336 g/mol. The van der Waals surface area contributed by atoms with Gasteiger partial charge in [0.2, 0.25) is 18.6 Å². The van der Waals surface area contributed by atoms with Gasteiger partial charge in [-0.3, -0.25) is 9.59 Å². The zero-order chi connectivity index (χ0) is 18.1. The molecule has 1 fully saturated rings. The number of amides is 2. The summed E-state index contributed by atoms with van der Waals surface area (Å²) in [5.74, 6) is 1.24. The molecule has 2 amide bonds. The first-order valence-electron chi connectivity index (χ1n) is 8.29. The molecule has 7 heteroatoms. The van der Waals surface area contributed by atoms with Crippen LogP contribution < -0.4 is 24.4 Å². The summed E-state index contributed by atoms with van der Waals surface area (Å²) in [5.41, 5.74) is 1.35. The number of rotatable bonds is 4. The topological polar surface area (TPSA) is 77.1 Å². The summed E-state index contributed by atoms with van der Waals surface area (Å²) in [4.78, 5) is 26.6. The first kappa shape index (κ1) is 16.3. The molecular formula is C19H18N2O5. The van der Waals surface area contributed by atoms with Crippen LogP contribution in [0.2, 0.25) is 0 Å². The Balaban J connectivity index is 1.45. The number of hydrogen-bond donors (Lipinski definition) is 1. The Labute approximate surface area is 150 Å². The maximum Gasteiger partial charge on any atom is 0.231 e. The summed E-state index contributed by atoms with van der Waals surface area (Å²) in [5, 5.41) is 2.85. The molecule has 2 aromatic carbocycles. The quantitative estimate of drug-likeness (QED) is 0.912. The van der Waals surface area contributed by atoms with Gasteiger partial charge in [-0.15, -0.1) is 0 Å². The van der Waals surface area contributed by atoms with E-state index in [1.807, 2.05) is 18.2 Å². The van der Waals surface area contributed by atoms with Crippen LogP contribution in [-0.2, 0) is 9.59 Å². The largest absolute Gasteiger partial charge is 0.497 e. The third-order valence-corrected chi connectivity index (χ3v) is 4.50. The normalized spacial score (nSPS) is 18.1. The van der Waals surface area contributed by atoms with Crippen LogP contribution in [0, 0.1) is 5.92 Å². The highest BCUT2D eigenvalue weighted by molar-refractivity contribution is 6.03. The van der Waals surface area contributed by atoms with Crippen molar-refractivity contribution in [1.82, 2.24) is 0 Å². The van der Waals surface area contributed by atoms with Gasteiger partial charge in [0.15, 0.2) is 11.5 Å². The Kier molecular flexibility index (Phi) is 4.12. The van der Waals surface area contributed by atoms with Crippen molar-refractivity contribution in [3.05, 3.63) is 42.5 Å². The van der Waals surface area contributed by atoms with Crippen LogP contribution >= 0.6 is 0 Å². The second-order valence-corrected chi connectivity index (χ2v) is 6.16. The molecule has 2 aliphatic rings. The minimum Gasteiger partial charge on any atom is -0.497 e. The van der Waals surface area contributed by atoms with Crippen LogP contribution in [0.1, 0.15) is 6.42 Å². The van der Waals surface area contributed by atoms with Crippen molar-refractivity contribution >= 4 is 23.2 Å². The Morgan fingerprint density at radius 2 is 2.04 bits per heavy atom. The van der Waals surface area contributed by atoms with Crippen LogP contribution in [-0.4, -0.2) is 32.3 Å². The van der Waals surface area contributed by atoms with Gasteiger partial charge in [0.1, 0.15) is 5.75 Å². The molecule has 0 spiro atoms. The Morgan fingerprint density at radius 1 is 1.19 bits per heavy atom. The molecule has 2 heterocycles. The average molecular weight is 354 g/mol. The number of nitrogens with zero attached hydrogens (tertiary/aromatic N) is 1. The van der Waals surface area contributed by atoms with Crippen molar-refractivity contribution in [3.63, 3.8) is 0 Å². The molecule has 0 aliphatic carbocycles. The van der Waals surface area contributed by atoms with E-state index >= 15 is 0 Å². The predicted molar refractivity (Wildman–Crippen MR) is 94.6 cm³/mol. The number of benzene rings is 2. The molecule has 2 aromatic rings. The van der Waals surface area contributed by atoms with Crippen molar-refractivity contribution in [3.8, 4) is 17.2 Å². The first-order valence-corrected chi connectivity index (χ1v) is 8.29. The van der Waals surface area contributed by atoms with Crippen molar-refractivity contribution < 1.29 is 23.8 Å². The minimum atomic E-state index is -0.417. The lowest BCUT2D eigenvalue weighted by Crippen LogP contribution is -2.28. The van der Waals surface area contributed by atoms with Gasteiger partial charge in [-0.05, 0) is 24.3 Å². The monoisotopic (exact) mass is 354 g/mol. The molecule has 1 N–H and O–H groups in total. The van der Waals surface area contributed by atoms with Crippen molar-refractivity contribution in [2.45, 2.75) is 6.42 Å². The van der Waals surface area contributed by atoms with Gasteiger partial charge in [0.25, 0.3) is 0 Å². The number of carbonyl (C=O) groups excluding carboxylic acids is 2. The maximum atomic E-state index is 12.6. The highest BCUT2D eigenvalue weighted by atomic mass is 16.7. The van der Waals surface area contributed by atoms with E-state index < -0.39 is 5.92 Å². The highest BCUT2D eigenvalue weighted by Crippen LogP contribution is 2.35. The number of fused-ring (bicyclic) bond motifs is 1. The van der Waals surface area contributed by atoms with Crippen LogP contribution in [0.25, 0.3) is 0 Å². The first-order chi connectivity index (χ1) is 12.6. The summed E-state index contributed by atoms with van der Waals surface area (Å²) in [6.07, 6.45) is 0.174. The lowest BCUT2D eigenvalue weighted by molar-refractivity contribution is -0.122. The van der Waals surface area contributed by atoms with Gasteiger partial charge in [0, 0.05) is 36.5 Å². The SMILES string of the molecule is COc1cccc(N2CC(C(=O)Nc3ccc4c(c3)OCO4)CC2=O)c1. The summed E-state index contributed by atoms with van der Waals surface area (Å²) in [6, 6.07) is 12.5. The number of nitrogens with one attached hydrogen (secondary N) is 1. The fraction of sp³-hybridized carbons (Fsp3) is 0.263. The van der Waals surface area contributed by atoms with Gasteiger partial charge in [-0.25, -0.2) is 0 Å². The van der Waals surface area contributed by atoms with Crippen LogP contribution in [0.4, 0.5) is 11.4 Å². The fourth-order valence-electron chi connectivity index (χ4n) is 3.13. The maximum absolute atomic E-state index is 12.6. The summed E-state index contributed by atoms with van der Waals surface area (Å²) in [7, 11) is 1.58. The van der Waals surface area contributed by atoms with E-state index in [4.69, 9.17) is 14.2 Å². The zero-order valence-electron chi connectivity index (χ0n) is 14.2. The van der Waals surface area contributed by atoms with Crippen LogP contribution in [0.15, 0.2) is 42.5 Å². The molecule has 0 radical (unpaired) electrons. The van der Waals surface area contributed by atoms with Gasteiger partial charge in [-0.1, -0.05) is 6.07 Å². The molecule has 1 saturated heterocycles. The minimum absolute atomic E-state index is 0.0795. The number of ether oxygens (including phenoxy) is 3. The van der Waals surface area contributed by atoms with Gasteiger partial charge >= 0.3 is 0 Å². The predicted octanol–water partition coefficient (Wildman–Crippen LogP) is 2.42. The second kappa shape index (κ2) is 6.59. The van der Waals surface area contributed by atoms with E-state index in [9.17, 15) is 9.59 Å². The Morgan fingerprint density at radius 3 is 2.88 bits per heavy atom. The van der Waals surface area contributed by atoms with E-state index in [2.05, 4.69) is 5.32 Å². The number of methoxy groups -OCH3 is 1. The van der Waals surface area contributed by atoms with Gasteiger partial charge < -0.3 is 24.4 Å². The van der Waals surface area contributed by atoms with Gasteiger partial charge in [-0.2, -0.15) is 0 Å². The van der Waals surface area contributed by atoms with E-state index in [1.54, 1.807) is 36.3 Å². The van der Waals surface area contributed by atoms with Crippen molar-refractivity contribution in [2.75, 3.05) is 30.7 Å². The van der Waals surface area contributed by atoms with Crippen LogP contribution in [0.3, 0.4) is 0 Å².